The molecule has 0 radical (unpaired) electrons. The Labute approximate surface area is 292 Å². The van der Waals surface area contributed by atoms with E-state index in [0.29, 0.717) is 0 Å². The monoisotopic (exact) mass is 638 g/mol. The van der Waals surface area contributed by atoms with E-state index in [0.717, 1.165) is 29.8 Å². The summed E-state index contributed by atoms with van der Waals surface area (Å²) < 4.78 is 2.40. The van der Waals surface area contributed by atoms with Gasteiger partial charge in [0.25, 0.3) is 0 Å². The molecule has 50 heavy (non-hydrogen) atoms. The van der Waals surface area contributed by atoms with Crippen LogP contribution in [0.2, 0.25) is 0 Å². The zero-order chi connectivity index (χ0) is 33.0. The maximum atomic E-state index is 5.44. The van der Waals surface area contributed by atoms with Gasteiger partial charge >= 0.3 is 0 Å². The summed E-state index contributed by atoms with van der Waals surface area (Å²) in [5, 5.41) is 2.53. The van der Waals surface area contributed by atoms with Crippen molar-refractivity contribution < 1.29 is 0 Å². The zero-order valence-corrected chi connectivity index (χ0v) is 27.6. The first-order valence-corrected chi connectivity index (χ1v) is 17.6. The Balaban J connectivity index is 1.16. The molecule has 2 heteroatoms. The molecule has 2 aliphatic carbocycles. The van der Waals surface area contributed by atoms with Crippen LogP contribution >= 0.6 is 0 Å². The van der Waals surface area contributed by atoms with Gasteiger partial charge in [-0.05, 0) is 99.8 Å². The summed E-state index contributed by atoms with van der Waals surface area (Å²) >= 11 is 0. The minimum absolute atomic E-state index is 0.0243. The van der Waals surface area contributed by atoms with Crippen molar-refractivity contribution in [2.75, 3.05) is 0 Å². The van der Waals surface area contributed by atoms with Gasteiger partial charge in [0.05, 0.1) is 28.3 Å². The molecule has 1 unspecified atom stereocenters. The third kappa shape index (κ3) is 4.68. The minimum atomic E-state index is 0.0243. The van der Waals surface area contributed by atoms with E-state index < -0.39 is 0 Å². The van der Waals surface area contributed by atoms with E-state index in [1.807, 2.05) is 0 Å². The fraction of sp³-hybridized carbons (Fsp3) is 0.0625. The van der Waals surface area contributed by atoms with Crippen LogP contribution in [0, 0.1) is 0 Å². The topological polar surface area (TPSA) is 17.8 Å². The predicted molar refractivity (Wildman–Crippen MR) is 209 cm³/mol. The van der Waals surface area contributed by atoms with Crippen LogP contribution in [0.4, 0.5) is 0 Å². The van der Waals surface area contributed by atoms with Crippen molar-refractivity contribution in [2.24, 2.45) is 0 Å². The molecule has 236 valence electrons. The SMILES string of the molecule is C1=CC(c2cc(-c3ccccc3)nc(C3c4ccccc4-c4ccc(-c5ccc6c7ccccc7n(-c7ccccc7)c6c5)cc43)c2)=CCC1. The molecule has 10 rings (SSSR count). The molecule has 0 saturated carbocycles. The van der Waals surface area contributed by atoms with Gasteiger partial charge in [0.15, 0.2) is 0 Å². The smallest absolute Gasteiger partial charge is 0.0711 e. The molecule has 0 saturated heterocycles. The summed E-state index contributed by atoms with van der Waals surface area (Å²) in [6.45, 7) is 0. The van der Waals surface area contributed by atoms with E-state index >= 15 is 0 Å². The lowest BCUT2D eigenvalue weighted by molar-refractivity contribution is 0.946. The molecule has 2 heterocycles. The number of rotatable bonds is 5. The second-order valence-electron chi connectivity index (χ2n) is 13.4. The van der Waals surface area contributed by atoms with Gasteiger partial charge in [0.2, 0.25) is 0 Å². The van der Waals surface area contributed by atoms with E-state index in [9.17, 15) is 0 Å². The molecule has 0 aliphatic heterocycles. The van der Waals surface area contributed by atoms with Gasteiger partial charge in [-0.1, -0.05) is 133 Å². The van der Waals surface area contributed by atoms with Gasteiger partial charge < -0.3 is 4.57 Å². The van der Waals surface area contributed by atoms with Crippen molar-refractivity contribution in [3.8, 4) is 39.2 Å². The molecule has 8 aromatic rings. The molecule has 2 aliphatic rings. The number of fused-ring (bicyclic) bond motifs is 6. The standard InChI is InChI=1S/C48H34N2/c1-4-14-32(15-5-1)36-29-44(33-16-6-2-7-17-33)49-45(30-36)48-42-22-11-10-20-38(42)39-26-24-34(28-43(39)48)35-25-27-41-40-21-12-13-23-46(40)50(47(41)31-35)37-18-8-3-9-19-37/h2-4,6-31,48H,1,5H2. The van der Waals surface area contributed by atoms with Crippen LogP contribution in [0.5, 0.6) is 0 Å². The Bertz CT molecular complexity index is 2640. The van der Waals surface area contributed by atoms with Crippen LogP contribution in [-0.4, -0.2) is 9.55 Å². The Kier molecular flexibility index (Phi) is 6.73. The average Bonchev–Trinajstić information content (AvgIpc) is 3.71. The molecule has 6 aromatic carbocycles. The van der Waals surface area contributed by atoms with E-state index in [4.69, 9.17) is 4.98 Å². The van der Waals surface area contributed by atoms with Crippen LogP contribution in [0.1, 0.15) is 41.1 Å². The lowest BCUT2D eigenvalue weighted by Crippen LogP contribution is -2.05. The van der Waals surface area contributed by atoms with Gasteiger partial charge in [0, 0.05) is 22.0 Å². The molecule has 1 atom stereocenters. The first-order valence-electron chi connectivity index (χ1n) is 17.6. The highest BCUT2D eigenvalue weighted by molar-refractivity contribution is 6.10. The second kappa shape index (κ2) is 11.7. The summed E-state index contributed by atoms with van der Waals surface area (Å²) in [6, 6.07) is 57.5. The normalized spacial score (nSPS) is 14.9. The molecule has 0 amide bonds. The molecule has 2 aromatic heterocycles. The summed E-state index contributed by atoms with van der Waals surface area (Å²) in [5.41, 5.74) is 17.0. The highest BCUT2D eigenvalue weighted by atomic mass is 15.0. The Hall–Kier alpha value is -6.25. The van der Waals surface area contributed by atoms with Crippen LogP contribution < -0.4 is 0 Å². The van der Waals surface area contributed by atoms with E-state index in [2.05, 4.69) is 181 Å². The Morgan fingerprint density at radius 2 is 1.22 bits per heavy atom. The van der Waals surface area contributed by atoms with Crippen molar-refractivity contribution in [1.82, 2.24) is 9.55 Å². The molecular weight excluding hydrogens is 605 g/mol. The Morgan fingerprint density at radius 3 is 2.08 bits per heavy atom. The van der Waals surface area contributed by atoms with E-state index in [1.54, 1.807) is 0 Å². The number of nitrogens with zero attached hydrogens (tertiary/aromatic N) is 2. The number of para-hydroxylation sites is 2. The number of hydrogen-bond donors (Lipinski definition) is 0. The van der Waals surface area contributed by atoms with Gasteiger partial charge in [-0.25, -0.2) is 0 Å². The summed E-state index contributed by atoms with van der Waals surface area (Å²) in [6.07, 6.45) is 9.09. The van der Waals surface area contributed by atoms with Gasteiger partial charge in [-0.3, -0.25) is 4.98 Å². The van der Waals surface area contributed by atoms with Crippen molar-refractivity contribution >= 4 is 27.4 Å². The first-order chi connectivity index (χ1) is 24.8. The number of allylic oxidation sites excluding steroid dienone is 4. The van der Waals surface area contributed by atoms with Crippen molar-refractivity contribution in [1.29, 1.82) is 0 Å². The first kappa shape index (κ1) is 28.7. The largest absolute Gasteiger partial charge is 0.309 e. The molecule has 0 fully saturated rings. The van der Waals surface area contributed by atoms with E-state index in [1.165, 1.54) is 72.0 Å². The average molecular weight is 639 g/mol. The van der Waals surface area contributed by atoms with Crippen LogP contribution in [0.25, 0.3) is 66.6 Å². The quantitative estimate of drug-likeness (QED) is 0.183. The molecule has 2 nitrogen and oxygen atoms in total. The number of aromatic nitrogens is 2. The second-order valence-corrected chi connectivity index (χ2v) is 13.4. The third-order valence-electron chi connectivity index (χ3n) is 10.5. The van der Waals surface area contributed by atoms with Crippen molar-refractivity contribution in [3.05, 3.63) is 198 Å². The highest BCUT2D eigenvalue weighted by Gasteiger charge is 2.32. The lowest BCUT2D eigenvalue weighted by atomic mass is 9.88. The zero-order valence-electron chi connectivity index (χ0n) is 27.6. The summed E-state index contributed by atoms with van der Waals surface area (Å²) in [4.78, 5) is 5.44. The number of pyridine rings is 1. The summed E-state index contributed by atoms with van der Waals surface area (Å²) in [5.74, 6) is 0.0243. The van der Waals surface area contributed by atoms with Crippen molar-refractivity contribution in [3.63, 3.8) is 0 Å². The van der Waals surface area contributed by atoms with E-state index in [-0.39, 0.29) is 5.92 Å². The molecule has 0 spiro atoms. The van der Waals surface area contributed by atoms with Gasteiger partial charge in [-0.2, -0.15) is 0 Å². The molecule has 0 N–H and O–H groups in total. The molecule has 0 bridgehead atoms. The fourth-order valence-electron chi connectivity index (χ4n) is 8.16. The van der Waals surface area contributed by atoms with Gasteiger partial charge in [-0.15, -0.1) is 0 Å². The van der Waals surface area contributed by atoms with Crippen LogP contribution in [0.15, 0.2) is 176 Å². The van der Waals surface area contributed by atoms with Crippen LogP contribution in [0.3, 0.4) is 0 Å². The maximum Gasteiger partial charge on any atom is 0.0711 e. The molecular formula is C48H34N2. The lowest BCUT2D eigenvalue weighted by Gasteiger charge is -2.18. The van der Waals surface area contributed by atoms with Crippen LogP contribution in [-0.2, 0) is 0 Å². The predicted octanol–water partition coefficient (Wildman–Crippen LogP) is 12.4. The highest BCUT2D eigenvalue weighted by Crippen LogP contribution is 2.49. The van der Waals surface area contributed by atoms with Gasteiger partial charge in [0.1, 0.15) is 0 Å². The Morgan fingerprint density at radius 1 is 0.500 bits per heavy atom. The number of hydrogen-bond acceptors (Lipinski definition) is 1. The minimum Gasteiger partial charge on any atom is -0.309 e. The summed E-state index contributed by atoms with van der Waals surface area (Å²) in [7, 11) is 0. The fourth-order valence-corrected chi connectivity index (χ4v) is 8.16. The maximum absolute atomic E-state index is 5.44. The third-order valence-corrected chi connectivity index (χ3v) is 10.5. The number of benzene rings is 6. The van der Waals surface area contributed by atoms with Crippen molar-refractivity contribution in [2.45, 2.75) is 18.8 Å².